The van der Waals surface area contributed by atoms with Gasteiger partial charge in [0.2, 0.25) is 0 Å². The van der Waals surface area contributed by atoms with E-state index in [9.17, 15) is 20.2 Å². The summed E-state index contributed by atoms with van der Waals surface area (Å²) in [6, 6.07) is 0. The summed E-state index contributed by atoms with van der Waals surface area (Å²) >= 11 is 5.25. The van der Waals surface area contributed by atoms with Crippen LogP contribution in [0.25, 0.3) is 0 Å². The van der Waals surface area contributed by atoms with Gasteiger partial charge in [-0.3, -0.25) is 20.2 Å². The van der Waals surface area contributed by atoms with Gasteiger partial charge in [0.1, 0.15) is 16.3 Å². The molecule has 76 valence electrons. The highest BCUT2D eigenvalue weighted by molar-refractivity contribution is 6.21. The largest absolute Gasteiger partial charge is 0.537 e. The lowest BCUT2D eigenvalue weighted by molar-refractivity contribution is -0.767. The third-order valence-corrected chi connectivity index (χ3v) is 2.12. The number of halogens is 1. The molecule has 0 atom stereocenters. The lowest BCUT2D eigenvalue weighted by atomic mass is 10.2. The molecule has 0 unspecified atom stereocenters. The van der Waals surface area contributed by atoms with E-state index in [4.69, 9.17) is 11.6 Å². The molecule has 7 heteroatoms. The van der Waals surface area contributed by atoms with E-state index in [0.29, 0.717) is 12.8 Å². The van der Waals surface area contributed by atoms with Gasteiger partial charge >= 0.3 is 5.12 Å². The highest BCUT2D eigenvalue weighted by atomic mass is 35.5. The monoisotopic (exact) mass is 210 g/mol. The van der Waals surface area contributed by atoms with E-state index in [0.717, 1.165) is 6.42 Å². The molecule has 0 amide bonds. The van der Waals surface area contributed by atoms with Gasteiger partial charge in [-0.25, -0.2) is 0 Å². The summed E-state index contributed by atoms with van der Waals surface area (Å²) in [7, 11) is 0. The summed E-state index contributed by atoms with van der Waals surface area (Å²) < 4.78 is 0. The van der Waals surface area contributed by atoms with Gasteiger partial charge in [0.05, 0.1) is 0 Å². The van der Waals surface area contributed by atoms with Gasteiger partial charge in [-0.1, -0.05) is 19.8 Å². The number of nitro groups is 2. The molecule has 0 saturated carbocycles. The second kappa shape index (κ2) is 4.96. The SMILES string of the molecule is CCCCCC(Cl)([N+](=O)[O-])[N+](=O)[O-]. The van der Waals surface area contributed by atoms with E-state index in [1.807, 2.05) is 6.92 Å². The fourth-order valence-electron chi connectivity index (χ4n) is 0.849. The minimum atomic E-state index is -2.53. The van der Waals surface area contributed by atoms with Gasteiger partial charge < -0.3 is 0 Å². The highest BCUT2D eigenvalue weighted by Gasteiger charge is 2.53. The number of rotatable bonds is 6. The Morgan fingerprint density at radius 3 is 2.00 bits per heavy atom. The van der Waals surface area contributed by atoms with Gasteiger partial charge in [-0.05, 0) is 6.42 Å². The summed E-state index contributed by atoms with van der Waals surface area (Å²) in [6.45, 7) is 1.90. The Morgan fingerprint density at radius 1 is 1.23 bits per heavy atom. The van der Waals surface area contributed by atoms with Crippen LogP contribution in [0.2, 0.25) is 0 Å². The maximum atomic E-state index is 10.3. The predicted octanol–water partition coefficient (Wildman–Crippen LogP) is 2.01. The van der Waals surface area contributed by atoms with Gasteiger partial charge in [-0.15, -0.1) is 0 Å². The number of hydrogen-bond acceptors (Lipinski definition) is 4. The van der Waals surface area contributed by atoms with Crippen molar-refractivity contribution in [1.82, 2.24) is 0 Å². The molecular weight excluding hydrogens is 200 g/mol. The minimum absolute atomic E-state index is 0.234. The van der Waals surface area contributed by atoms with Crippen molar-refractivity contribution in [3.05, 3.63) is 20.2 Å². The maximum absolute atomic E-state index is 10.3. The van der Waals surface area contributed by atoms with E-state index in [-0.39, 0.29) is 6.42 Å². The maximum Gasteiger partial charge on any atom is 0.537 e. The highest BCUT2D eigenvalue weighted by Crippen LogP contribution is 2.24. The molecule has 0 aliphatic carbocycles. The van der Waals surface area contributed by atoms with Crippen LogP contribution in [0.5, 0.6) is 0 Å². The minimum Gasteiger partial charge on any atom is -0.257 e. The normalized spacial score (nSPS) is 11.2. The first-order chi connectivity index (χ1) is 5.95. The Bertz CT molecular complexity index is 195. The average Bonchev–Trinajstić information content (AvgIpc) is 2.03. The third kappa shape index (κ3) is 3.14. The molecule has 0 aliphatic heterocycles. The van der Waals surface area contributed by atoms with Crippen molar-refractivity contribution < 1.29 is 9.85 Å². The fourth-order valence-corrected chi connectivity index (χ4v) is 0.983. The Hall–Kier alpha value is -0.910. The molecule has 13 heavy (non-hydrogen) atoms. The molecule has 6 nitrogen and oxygen atoms in total. The first kappa shape index (κ1) is 12.1. The molecule has 0 fully saturated rings. The van der Waals surface area contributed by atoms with Gasteiger partial charge in [0.15, 0.2) is 0 Å². The molecule has 0 bridgehead atoms. The zero-order chi connectivity index (χ0) is 10.5. The van der Waals surface area contributed by atoms with Gasteiger partial charge in [-0.2, -0.15) is 0 Å². The van der Waals surface area contributed by atoms with E-state index in [2.05, 4.69) is 0 Å². The van der Waals surface area contributed by atoms with Crippen molar-refractivity contribution in [2.75, 3.05) is 0 Å². The molecule has 0 aromatic heterocycles. The number of nitrogens with zero attached hydrogens (tertiary/aromatic N) is 2. The Labute approximate surface area is 80.2 Å². The Morgan fingerprint density at radius 2 is 1.69 bits per heavy atom. The number of alkyl halides is 1. The molecule has 0 aliphatic rings. The smallest absolute Gasteiger partial charge is 0.257 e. The van der Waals surface area contributed by atoms with Crippen molar-refractivity contribution in [3.63, 3.8) is 0 Å². The van der Waals surface area contributed by atoms with Crippen molar-refractivity contribution >= 4 is 11.6 Å². The molecule has 0 spiro atoms. The van der Waals surface area contributed by atoms with E-state index >= 15 is 0 Å². The zero-order valence-electron chi connectivity index (χ0n) is 7.23. The lowest BCUT2D eigenvalue weighted by Crippen LogP contribution is -2.40. The summed E-state index contributed by atoms with van der Waals surface area (Å²) in [5, 5.41) is 18.0. The van der Waals surface area contributed by atoms with Crippen LogP contribution in [-0.4, -0.2) is 15.0 Å². The number of hydrogen-bond donors (Lipinski definition) is 0. The molecule has 0 saturated heterocycles. The molecule has 0 aromatic carbocycles. The van der Waals surface area contributed by atoms with E-state index < -0.39 is 15.0 Å². The van der Waals surface area contributed by atoms with Gasteiger partial charge in [0, 0.05) is 11.6 Å². The second-order valence-electron chi connectivity index (χ2n) is 2.69. The van der Waals surface area contributed by atoms with Crippen LogP contribution in [0.1, 0.15) is 32.6 Å². The van der Waals surface area contributed by atoms with Crippen LogP contribution < -0.4 is 0 Å². The number of unbranched alkanes of at least 4 members (excludes halogenated alkanes) is 2. The van der Waals surface area contributed by atoms with Crippen LogP contribution in [0.15, 0.2) is 0 Å². The standard InChI is InChI=1S/C6H11ClN2O4/c1-2-3-4-5-6(7,8(10)11)9(12)13/h2-5H2,1H3. The van der Waals surface area contributed by atoms with Crippen LogP contribution in [0.3, 0.4) is 0 Å². The molecular formula is C6H11ClN2O4. The zero-order valence-corrected chi connectivity index (χ0v) is 7.99. The Kier molecular flexibility index (Phi) is 4.61. The Balaban J connectivity index is 4.26. The van der Waals surface area contributed by atoms with Crippen molar-refractivity contribution in [3.8, 4) is 0 Å². The van der Waals surface area contributed by atoms with Crippen molar-refractivity contribution in [2.45, 2.75) is 37.7 Å². The van der Waals surface area contributed by atoms with Crippen molar-refractivity contribution in [2.24, 2.45) is 0 Å². The quantitative estimate of drug-likeness (QED) is 0.168. The fraction of sp³-hybridized carbons (Fsp3) is 1.00. The van der Waals surface area contributed by atoms with Gasteiger partial charge in [0.25, 0.3) is 0 Å². The molecule has 0 radical (unpaired) electrons. The summed E-state index contributed by atoms with van der Waals surface area (Å²) in [6.07, 6.45) is 1.70. The van der Waals surface area contributed by atoms with Crippen LogP contribution >= 0.6 is 11.6 Å². The molecule has 0 N–H and O–H groups in total. The molecule has 0 rings (SSSR count). The van der Waals surface area contributed by atoms with Crippen LogP contribution in [0.4, 0.5) is 0 Å². The molecule has 0 aromatic rings. The average molecular weight is 211 g/mol. The summed E-state index contributed by atoms with van der Waals surface area (Å²) in [5.41, 5.74) is 0. The summed E-state index contributed by atoms with van der Waals surface area (Å²) in [5.74, 6) is 0. The molecule has 0 heterocycles. The first-order valence-corrected chi connectivity index (χ1v) is 4.31. The topological polar surface area (TPSA) is 86.3 Å². The third-order valence-electron chi connectivity index (χ3n) is 1.66. The summed E-state index contributed by atoms with van der Waals surface area (Å²) in [4.78, 5) is 18.5. The van der Waals surface area contributed by atoms with E-state index in [1.54, 1.807) is 0 Å². The van der Waals surface area contributed by atoms with E-state index in [1.165, 1.54) is 0 Å². The van der Waals surface area contributed by atoms with Crippen LogP contribution in [0, 0.1) is 20.2 Å². The van der Waals surface area contributed by atoms with Crippen LogP contribution in [-0.2, 0) is 0 Å². The lowest BCUT2D eigenvalue weighted by Gasteiger charge is -2.08. The predicted molar refractivity (Wildman–Crippen MR) is 46.7 cm³/mol. The first-order valence-electron chi connectivity index (χ1n) is 3.93. The second-order valence-corrected chi connectivity index (χ2v) is 3.30. The van der Waals surface area contributed by atoms with Crippen molar-refractivity contribution in [1.29, 1.82) is 0 Å².